The second-order valence-corrected chi connectivity index (χ2v) is 6.01. The van der Waals surface area contributed by atoms with Gasteiger partial charge in [-0.05, 0) is 31.5 Å². The van der Waals surface area contributed by atoms with Gasteiger partial charge in [-0.1, -0.05) is 34.5 Å². The summed E-state index contributed by atoms with van der Waals surface area (Å²) in [6.45, 7) is 3.87. The molecule has 0 bridgehead atoms. The first-order valence-electron chi connectivity index (χ1n) is 5.30. The maximum atomic E-state index is 13.5. The molecular weight excluding hydrogens is 308 g/mol. The van der Waals surface area contributed by atoms with E-state index in [0.29, 0.717) is 4.83 Å². The Balaban J connectivity index is 2.70. The topological polar surface area (TPSA) is 29.1 Å². The Kier molecular flexibility index (Phi) is 5.40. The van der Waals surface area contributed by atoms with E-state index in [1.54, 1.807) is 0 Å². The number of halogens is 3. The van der Waals surface area contributed by atoms with E-state index in [0.717, 1.165) is 12.5 Å². The van der Waals surface area contributed by atoms with E-state index in [1.807, 2.05) is 13.8 Å². The lowest BCUT2D eigenvalue weighted by Crippen LogP contribution is -2.34. The van der Waals surface area contributed by atoms with Crippen LogP contribution in [0.4, 0.5) is 4.39 Å². The van der Waals surface area contributed by atoms with Crippen LogP contribution in [0.1, 0.15) is 30.6 Å². The van der Waals surface area contributed by atoms with Crippen LogP contribution in [0, 0.1) is 5.82 Å². The summed E-state index contributed by atoms with van der Waals surface area (Å²) in [5.41, 5.74) is 0.0171. The fourth-order valence-corrected chi connectivity index (χ4v) is 2.24. The van der Waals surface area contributed by atoms with Crippen molar-refractivity contribution in [2.45, 2.75) is 31.1 Å². The molecule has 0 aliphatic rings. The molecule has 0 fully saturated rings. The fraction of sp³-hybridized carbons (Fsp3) is 0.417. The van der Waals surface area contributed by atoms with E-state index in [-0.39, 0.29) is 16.6 Å². The molecule has 17 heavy (non-hydrogen) atoms. The van der Waals surface area contributed by atoms with Crippen LogP contribution in [0.2, 0.25) is 5.02 Å². The summed E-state index contributed by atoms with van der Waals surface area (Å²) in [6.07, 6.45) is 0.779. The van der Waals surface area contributed by atoms with Gasteiger partial charge in [0.2, 0.25) is 0 Å². The van der Waals surface area contributed by atoms with Crippen LogP contribution in [-0.4, -0.2) is 16.8 Å². The molecule has 94 valence electrons. The van der Waals surface area contributed by atoms with Crippen LogP contribution in [0.3, 0.4) is 0 Å². The molecule has 0 spiro atoms. The number of alkyl halides is 1. The molecule has 2 atom stereocenters. The minimum absolute atomic E-state index is 0.0171. The van der Waals surface area contributed by atoms with Crippen molar-refractivity contribution in [1.82, 2.24) is 5.32 Å². The highest BCUT2D eigenvalue weighted by Crippen LogP contribution is 2.15. The molecule has 0 heterocycles. The van der Waals surface area contributed by atoms with Crippen LogP contribution >= 0.6 is 27.5 Å². The molecule has 0 radical (unpaired) electrons. The molecule has 1 N–H and O–H groups in total. The Morgan fingerprint density at radius 3 is 2.71 bits per heavy atom. The molecular formula is C12H14BrClFNO. The Bertz CT molecular complexity index is 411. The highest BCUT2D eigenvalue weighted by molar-refractivity contribution is 9.09. The van der Waals surface area contributed by atoms with Gasteiger partial charge in [-0.2, -0.15) is 0 Å². The largest absolute Gasteiger partial charge is 0.349 e. The van der Waals surface area contributed by atoms with Gasteiger partial charge in [0, 0.05) is 15.9 Å². The summed E-state index contributed by atoms with van der Waals surface area (Å²) in [5.74, 6) is -1.02. The minimum Gasteiger partial charge on any atom is -0.349 e. The molecule has 2 unspecified atom stereocenters. The molecule has 1 aromatic rings. The van der Waals surface area contributed by atoms with E-state index in [1.165, 1.54) is 12.1 Å². The number of rotatable bonds is 4. The fourth-order valence-electron chi connectivity index (χ4n) is 1.52. The Morgan fingerprint density at radius 2 is 2.18 bits per heavy atom. The first kappa shape index (κ1) is 14.5. The van der Waals surface area contributed by atoms with Gasteiger partial charge in [-0.3, -0.25) is 4.79 Å². The first-order chi connectivity index (χ1) is 7.90. The highest BCUT2D eigenvalue weighted by Gasteiger charge is 2.15. The van der Waals surface area contributed by atoms with Crippen LogP contribution in [0.15, 0.2) is 18.2 Å². The van der Waals surface area contributed by atoms with Gasteiger partial charge in [0.05, 0.1) is 5.56 Å². The number of nitrogens with one attached hydrogen (secondary N) is 1. The van der Waals surface area contributed by atoms with Gasteiger partial charge in [-0.15, -0.1) is 0 Å². The van der Waals surface area contributed by atoms with E-state index in [2.05, 4.69) is 21.2 Å². The molecule has 0 saturated carbocycles. The van der Waals surface area contributed by atoms with E-state index >= 15 is 0 Å². The lowest BCUT2D eigenvalue weighted by atomic mass is 10.1. The standard InChI is InChI=1S/C12H14BrClFNO/c1-7(13)5-8(2)16-12(17)10-4-3-9(14)6-11(10)15/h3-4,6-8H,5H2,1-2H3,(H,16,17). The highest BCUT2D eigenvalue weighted by atomic mass is 79.9. The molecule has 1 aromatic carbocycles. The first-order valence-corrected chi connectivity index (χ1v) is 6.59. The number of hydrogen-bond acceptors (Lipinski definition) is 1. The number of carbonyl (C=O) groups excluding carboxylic acids is 1. The number of amides is 1. The molecule has 5 heteroatoms. The zero-order valence-electron chi connectivity index (χ0n) is 9.64. The monoisotopic (exact) mass is 321 g/mol. The SMILES string of the molecule is CC(Br)CC(C)NC(=O)c1ccc(Cl)cc1F. The smallest absolute Gasteiger partial charge is 0.254 e. The van der Waals surface area contributed by atoms with Crippen molar-refractivity contribution in [3.63, 3.8) is 0 Å². The number of hydrogen-bond donors (Lipinski definition) is 1. The Labute approximate surface area is 114 Å². The summed E-state index contributed by atoms with van der Waals surface area (Å²) in [4.78, 5) is 12.1. The molecule has 0 aliphatic carbocycles. The summed E-state index contributed by atoms with van der Waals surface area (Å²) >= 11 is 9.02. The molecule has 1 amide bonds. The van der Waals surface area contributed by atoms with Gasteiger partial charge < -0.3 is 5.32 Å². The van der Waals surface area contributed by atoms with Crippen molar-refractivity contribution < 1.29 is 9.18 Å². The zero-order valence-corrected chi connectivity index (χ0v) is 12.0. The second-order valence-electron chi connectivity index (χ2n) is 4.02. The van der Waals surface area contributed by atoms with Crippen LogP contribution in [0.5, 0.6) is 0 Å². The van der Waals surface area contributed by atoms with E-state index < -0.39 is 11.7 Å². The Hall–Kier alpha value is -0.610. The number of benzene rings is 1. The second kappa shape index (κ2) is 6.36. The third kappa shape index (κ3) is 4.64. The molecule has 0 aromatic heterocycles. The van der Waals surface area contributed by atoms with E-state index in [9.17, 15) is 9.18 Å². The van der Waals surface area contributed by atoms with Gasteiger partial charge >= 0.3 is 0 Å². The predicted octanol–water partition coefficient (Wildman–Crippen LogP) is 3.77. The van der Waals surface area contributed by atoms with Gasteiger partial charge in [0.25, 0.3) is 5.91 Å². The predicted molar refractivity (Wildman–Crippen MR) is 71.3 cm³/mol. The summed E-state index contributed by atoms with van der Waals surface area (Å²) in [6, 6.07) is 4.00. The summed E-state index contributed by atoms with van der Waals surface area (Å²) in [5, 5.41) is 3.01. The molecule has 0 aliphatic heterocycles. The third-order valence-corrected chi connectivity index (χ3v) is 2.84. The third-order valence-electron chi connectivity index (χ3n) is 2.23. The van der Waals surface area contributed by atoms with Crippen molar-refractivity contribution in [3.8, 4) is 0 Å². The van der Waals surface area contributed by atoms with Crippen LogP contribution < -0.4 is 5.32 Å². The summed E-state index contributed by atoms with van der Waals surface area (Å²) in [7, 11) is 0. The van der Waals surface area contributed by atoms with Gasteiger partial charge in [0.15, 0.2) is 0 Å². The minimum atomic E-state index is -0.603. The normalized spacial score (nSPS) is 14.2. The zero-order chi connectivity index (χ0) is 13.0. The van der Waals surface area contributed by atoms with Crippen molar-refractivity contribution in [1.29, 1.82) is 0 Å². The van der Waals surface area contributed by atoms with Crippen LogP contribution in [-0.2, 0) is 0 Å². The maximum absolute atomic E-state index is 13.5. The van der Waals surface area contributed by atoms with Crippen molar-refractivity contribution in [2.24, 2.45) is 0 Å². The van der Waals surface area contributed by atoms with Gasteiger partial charge in [0.1, 0.15) is 5.82 Å². The lowest BCUT2D eigenvalue weighted by Gasteiger charge is -2.15. The molecule has 2 nitrogen and oxygen atoms in total. The quantitative estimate of drug-likeness (QED) is 0.840. The van der Waals surface area contributed by atoms with Crippen molar-refractivity contribution in [2.75, 3.05) is 0 Å². The average molecular weight is 323 g/mol. The average Bonchev–Trinajstić information content (AvgIpc) is 2.15. The maximum Gasteiger partial charge on any atom is 0.254 e. The summed E-state index contributed by atoms with van der Waals surface area (Å²) < 4.78 is 13.5. The molecule has 0 saturated heterocycles. The van der Waals surface area contributed by atoms with Crippen molar-refractivity contribution >= 4 is 33.4 Å². The molecule has 1 rings (SSSR count). The van der Waals surface area contributed by atoms with Gasteiger partial charge in [-0.25, -0.2) is 4.39 Å². The van der Waals surface area contributed by atoms with Crippen LogP contribution in [0.25, 0.3) is 0 Å². The number of carbonyl (C=O) groups is 1. The van der Waals surface area contributed by atoms with E-state index in [4.69, 9.17) is 11.6 Å². The lowest BCUT2D eigenvalue weighted by molar-refractivity contribution is 0.0934. The van der Waals surface area contributed by atoms with Crippen molar-refractivity contribution in [3.05, 3.63) is 34.6 Å². The Morgan fingerprint density at radius 1 is 1.53 bits per heavy atom.